The van der Waals surface area contributed by atoms with Crippen LogP contribution in [0.5, 0.6) is 0 Å². The molecule has 2 atom stereocenters. The Balaban J connectivity index is 1.65. The van der Waals surface area contributed by atoms with E-state index in [1.807, 2.05) is 5.51 Å². The number of rotatable bonds is 5. The molecule has 0 saturated carbocycles. The van der Waals surface area contributed by atoms with Crippen LogP contribution in [0, 0.1) is 12.8 Å². The van der Waals surface area contributed by atoms with E-state index < -0.39 is 0 Å². The van der Waals surface area contributed by atoms with Gasteiger partial charge in [0.05, 0.1) is 17.8 Å². The van der Waals surface area contributed by atoms with Gasteiger partial charge < -0.3 is 9.64 Å². The van der Waals surface area contributed by atoms with Crippen LogP contribution in [0.1, 0.15) is 36.3 Å². The molecule has 5 nitrogen and oxygen atoms in total. The number of amides is 1. The van der Waals surface area contributed by atoms with Crippen LogP contribution >= 0.6 is 11.3 Å². The SMILES string of the molecule is COCCN1C(=O)CCC[C@H]2CN(Cc3scnc3C)CC[C@H]21. The Morgan fingerprint density at radius 1 is 1.43 bits per heavy atom. The van der Waals surface area contributed by atoms with Crippen LogP contribution in [-0.4, -0.2) is 60.1 Å². The van der Waals surface area contributed by atoms with Gasteiger partial charge in [0, 0.05) is 50.6 Å². The maximum atomic E-state index is 12.4. The number of hydrogen-bond acceptors (Lipinski definition) is 5. The van der Waals surface area contributed by atoms with Crippen molar-refractivity contribution in [2.75, 3.05) is 33.4 Å². The number of aryl methyl sites for hydroxylation is 1. The number of aromatic nitrogens is 1. The molecule has 0 bridgehead atoms. The maximum Gasteiger partial charge on any atom is 0.222 e. The molecule has 2 aliphatic heterocycles. The topological polar surface area (TPSA) is 45.7 Å². The van der Waals surface area contributed by atoms with E-state index in [0.717, 1.165) is 51.1 Å². The summed E-state index contributed by atoms with van der Waals surface area (Å²) in [4.78, 5) is 22.8. The van der Waals surface area contributed by atoms with Gasteiger partial charge in [-0.15, -0.1) is 11.3 Å². The first kappa shape index (κ1) is 16.9. The Kier molecular flexibility index (Phi) is 5.67. The Hall–Kier alpha value is -0.980. The molecule has 6 heteroatoms. The summed E-state index contributed by atoms with van der Waals surface area (Å²) in [7, 11) is 1.71. The molecule has 0 spiro atoms. The third-order valence-electron chi connectivity index (χ3n) is 5.21. The minimum absolute atomic E-state index is 0.321. The van der Waals surface area contributed by atoms with Crippen LogP contribution in [0.4, 0.5) is 0 Å². The van der Waals surface area contributed by atoms with Crippen molar-refractivity contribution in [3.05, 3.63) is 16.1 Å². The average molecular weight is 337 g/mol. The number of piperidine rings is 1. The highest BCUT2D eigenvalue weighted by Crippen LogP contribution is 2.31. The zero-order valence-electron chi connectivity index (χ0n) is 14.2. The molecular weight excluding hydrogens is 310 g/mol. The molecule has 0 aliphatic carbocycles. The van der Waals surface area contributed by atoms with Gasteiger partial charge in [0.1, 0.15) is 0 Å². The Morgan fingerprint density at radius 2 is 2.30 bits per heavy atom. The monoisotopic (exact) mass is 337 g/mol. The number of likely N-dealkylation sites (tertiary alicyclic amines) is 2. The molecule has 2 fully saturated rings. The third kappa shape index (κ3) is 3.92. The zero-order valence-corrected chi connectivity index (χ0v) is 15.0. The largest absolute Gasteiger partial charge is 0.383 e. The molecule has 0 radical (unpaired) electrons. The number of thiazole rings is 1. The van der Waals surface area contributed by atoms with Gasteiger partial charge in [0.2, 0.25) is 5.91 Å². The molecule has 1 amide bonds. The summed E-state index contributed by atoms with van der Waals surface area (Å²) < 4.78 is 5.21. The van der Waals surface area contributed by atoms with Crippen molar-refractivity contribution in [1.82, 2.24) is 14.8 Å². The Bertz CT molecular complexity index is 534. The second kappa shape index (κ2) is 7.73. The van der Waals surface area contributed by atoms with Crippen molar-refractivity contribution in [2.45, 2.75) is 45.2 Å². The highest BCUT2D eigenvalue weighted by atomic mass is 32.1. The van der Waals surface area contributed by atoms with Crippen molar-refractivity contribution >= 4 is 17.2 Å². The molecule has 1 aromatic heterocycles. The number of methoxy groups -OCH3 is 1. The molecule has 2 aliphatic rings. The van der Waals surface area contributed by atoms with Gasteiger partial charge in [-0.3, -0.25) is 9.69 Å². The second-order valence-corrected chi connectivity index (χ2v) is 7.62. The summed E-state index contributed by atoms with van der Waals surface area (Å²) in [6, 6.07) is 0.402. The lowest BCUT2D eigenvalue weighted by atomic mass is 9.88. The van der Waals surface area contributed by atoms with E-state index in [2.05, 4.69) is 21.7 Å². The van der Waals surface area contributed by atoms with Gasteiger partial charge in [-0.05, 0) is 32.1 Å². The van der Waals surface area contributed by atoms with E-state index in [9.17, 15) is 4.79 Å². The highest BCUT2D eigenvalue weighted by Gasteiger charge is 2.37. The van der Waals surface area contributed by atoms with E-state index in [-0.39, 0.29) is 0 Å². The predicted octanol–water partition coefficient (Wildman–Crippen LogP) is 2.30. The minimum atomic E-state index is 0.321. The summed E-state index contributed by atoms with van der Waals surface area (Å²) in [5.41, 5.74) is 3.10. The van der Waals surface area contributed by atoms with Crippen LogP contribution < -0.4 is 0 Å². The van der Waals surface area contributed by atoms with E-state index in [1.54, 1.807) is 18.4 Å². The summed E-state index contributed by atoms with van der Waals surface area (Å²) >= 11 is 1.75. The van der Waals surface area contributed by atoms with Crippen LogP contribution in [0.25, 0.3) is 0 Å². The highest BCUT2D eigenvalue weighted by molar-refractivity contribution is 7.09. The van der Waals surface area contributed by atoms with Crippen molar-refractivity contribution < 1.29 is 9.53 Å². The summed E-state index contributed by atoms with van der Waals surface area (Å²) in [6.45, 7) is 6.64. The van der Waals surface area contributed by atoms with Crippen LogP contribution in [0.15, 0.2) is 5.51 Å². The number of ether oxygens (including phenoxy) is 1. The maximum absolute atomic E-state index is 12.4. The second-order valence-electron chi connectivity index (χ2n) is 6.68. The van der Waals surface area contributed by atoms with Gasteiger partial charge in [0.15, 0.2) is 0 Å². The van der Waals surface area contributed by atoms with Crippen molar-refractivity contribution in [3.63, 3.8) is 0 Å². The van der Waals surface area contributed by atoms with E-state index in [1.165, 1.54) is 4.88 Å². The fourth-order valence-electron chi connectivity index (χ4n) is 3.94. The molecule has 3 heterocycles. The lowest BCUT2D eigenvalue weighted by molar-refractivity contribution is -0.135. The normalized spacial score (nSPS) is 26.2. The molecule has 23 heavy (non-hydrogen) atoms. The number of nitrogens with zero attached hydrogens (tertiary/aromatic N) is 3. The zero-order chi connectivity index (χ0) is 16.2. The van der Waals surface area contributed by atoms with Gasteiger partial charge in [0.25, 0.3) is 0 Å². The fourth-order valence-corrected chi connectivity index (χ4v) is 4.76. The summed E-state index contributed by atoms with van der Waals surface area (Å²) in [5, 5.41) is 0. The summed E-state index contributed by atoms with van der Waals surface area (Å²) in [5.74, 6) is 0.918. The van der Waals surface area contributed by atoms with Crippen molar-refractivity contribution in [2.24, 2.45) is 5.92 Å². The molecule has 0 N–H and O–H groups in total. The molecule has 3 rings (SSSR count). The van der Waals surface area contributed by atoms with E-state index >= 15 is 0 Å². The molecule has 128 valence electrons. The summed E-state index contributed by atoms with van der Waals surface area (Å²) in [6.07, 6.45) is 3.97. The smallest absolute Gasteiger partial charge is 0.222 e. The molecule has 0 unspecified atom stereocenters. The third-order valence-corrected chi connectivity index (χ3v) is 6.13. The Morgan fingerprint density at radius 3 is 3.04 bits per heavy atom. The van der Waals surface area contributed by atoms with Gasteiger partial charge in [-0.25, -0.2) is 4.98 Å². The van der Waals surface area contributed by atoms with Crippen LogP contribution in [-0.2, 0) is 16.1 Å². The number of fused-ring (bicyclic) bond motifs is 1. The quantitative estimate of drug-likeness (QED) is 0.827. The van der Waals surface area contributed by atoms with Crippen molar-refractivity contribution in [1.29, 1.82) is 0 Å². The van der Waals surface area contributed by atoms with Gasteiger partial charge in [-0.2, -0.15) is 0 Å². The van der Waals surface area contributed by atoms with Crippen LogP contribution in [0.2, 0.25) is 0 Å². The first-order valence-corrected chi connectivity index (χ1v) is 9.46. The standard InChI is InChI=1S/C17H27N3O2S/c1-13-16(23-12-18-13)11-19-7-6-15-14(10-19)4-3-5-17(21)20(15)8-9-22-2/h12,14-15H,3-11H2,1-2H3/t14-,15+/m0/s1. The van der Waals surface area contributed by atoms with Gasteiger partial charge in [-0.1, -0.05) is 0 Å². The van der Waals surface area contributed by atoms with Crippen molar-refractivity contribution in [3.8, 4) is 0 Å². The number of carbonyl (C=O) groups is 1. The van der Waals surface area contributed by atoms with E-state index in [4.69, 9.17) is 4.74 Å². The lowest BCUT2D eigenvalue weighted by Gasteiger charge is -2.42. The number of hydrogen-bond donors (Lipinski definition) is 0. The first-order valence-electron chi connectivity index (χ1n) is 8.58. The predicted molar refractivity (Wildman–Crippen MR) is 91.5 cm³/mol. The molecule has 2 saturated heterocycles. The fraction of sp³-hybridized carbons (Fsp3) is 0.765. The first-order chi connectivity index (χ1) is 11.2. The van der Waals surface area contributed by atoms with Gasteiger partial charge >= 0.3 is 0 Å². The molecule has 0 aromatic carbocycles. The number of carbonyl (C=O) groups excluding carboxylic acids is 1. The lowest BCUT2D eigenvalue weighted by Crippen LogP contribution is -2.52. The Labute approximate surface area is 142 Å². The minimum Gasteiger partial charge on any atom is -0.383 e. The van der Waals surface area contributed by atoms with E-state index in [0.29, 0.717) is 30.9 Å². The van der Waals surface area contributed by atoms with Crippen LogP contribution in [0.3, 0.4) is 0 Å². The average Bonchev–Trinajstić information content (AvgIpc) is 2.87. The molecule has 1 aromatic rings. The molecular formula is C17H27N3O2S.